The first-order chi connectivity index (χ1) is 8.84. The third-order valence-electron chi connectivity index (χ3n) is 2.61. The van der Waals surface area contributed by atoms with E-state index in [1.807, 2.05) is 30.5 Å². The van der Waals surface area contributed by atoms with Gasteiger partial charge in [-0.05, 0) is 24.3 Å². The van der Waals surface area contributed by atoms with Gasteiger partial charge in [-0.2, -0.15) is 0 Å². The van der Waals surface area contributed by atoms with Gasteiger partial charge in [-0.25, -0.2) is 9.78 Å². The lowest BCUT2D eigenvalue weighted by Crippen LogP contribution is -2.08. The number of aromatic nitrogens is 2. The molecule has 0 spiro atoms. The lowest BCUT2D eigenvalue weighted by molar-refractivity contribution is 0.0730. The minimum absolute atomic E-state index is 0.324. The first kappa shape index (κ1) is 10.5. The van der Waals surface area contributed by atoms with Gasteiger partial charge in [-0.3, -0.25) is 0 Å². The van der Waals surface area contributed by atoms with E-state index in [9.17, 15) is 4.79 Å². The fourth-order valence-electron chi connectivity index (χ4n) is 1.72. The Kier molecular flexibility index (Phi) is 2.53. The highest BCUT2D eigenvalue weighted by Gasteiger charge is 2.11. The predicted octanol–water partition coefficient (Wildman–Crippen LogP) is 2.55. The standard InChI is InChI=1S/C14H10N2O2/c17-14(11-6-2-1-3-7-11)18-13-12-8-4-5-9-16(12)10-15-13/h1-10H. The van der Waals surface area contributed by atoms with Crippen molar-refractivity contribution in [3.05, 3.63) is 66.6 Å². The van der Waals surface area contributed by atoms with E-state index < -0.39 is 5.97 Å². The number of imidazole rings is 1. The van der Waals surface area contributed by atoms with Gasteiger partial charge in [0.2, 0.25) is 5.88 Å². The van der Waals surface area contributed by atoms with Crippen LogP contribution in [0.15, 0.2) is 61.1 Å². The zero-order valence-electron chi connectivity index (χ0n) is 9.48. The number of hydrogen-bond acceptors (Lipinski definition) is 3. The molecule has 4 nitrogen and oxygen atoms in total. The van der Waals surface area contributed by atoms with Crippen molar-refractivity contribution in [1.29, 1.82) is 0 Å². The normalized spacial score (nSPS) is 10.4. The van der Waals surface area contributed by atoms with Gasteiger partial charge in [0.1, 0.15) is 11.8 Å². The third kappa shape index (κ3) is 1.84. The maximum atomic E-state index is 11.9. The van der Waals surface area contributed by atoms with Crippen LogP contribution >= 0.6 is 0 Å². The van der Waals surface area contributed by atoms with Crippen molar-refractivity contribution in [2.75, 3.05) is 0 Å². The molecule has 18 heavy (non-hydrogen) atoms. The molecule has 0 atom stereocenters. The molecule has 0 aliphatic heterocycles. The smallest absolute Gasteiger partial charge is 0.344 e. The number of pyridine rings is 1. The Hall–Kier alpha value is -2.62. The fraction of sp³-hybridized carbons (Fsp3) is 0. The summed E-state index contributed by atoms with van der Waals surface area (Å²) >= 11 is 0. The van der Waals surface area contributed by atoms with Crippen molar-refractivity contribution in [2.24, 2.45) is 0 Å². The quantitative estimate of drug-likeness (QED) is 0.644. The van der Waals surface area contributed by atoms with Gasteiger partial charge in [0.05, 0.1) is 5.56 Å². The number of rotatable bonds is 2. The lowest BCUT2D eigenvalue weighted by Gasteiger charge is -2.01. The van der Waals surface area contributed by atoms with Crippen LogP contribution in [0.25, 0.3) is 5.52 Å². The summed E-state index contributed by atoms with van der Waals surface area (Å²) in [5.41, 5.74) is 1.27. The van der Waals surface area contributed by atoms with Crippen molar-refractivity contribution in [1.82, 2.24) is 9.38 Å². The zero-order chi connectivity index (χ0) is 12.4. The van der Waals surface area contributed by atoms with Crippen molar-refractivity contribution in [2.45, 2.75) is 0 Å². The Morgan fingerprint density at radius 1 is 1.06 bits per heavy atom. The third-order valence-corrected chi connectivity index (χ3v) is 2.61. The summed E-state index contributed by atoms with van der Waals surface area (Å²) in [5.74, 6) is -0.0792. The van der Waals surface area contributed by atoms with E-state index in [1.54, 1.807) is 35.0 Å². The number of ether oxygens (including phenoxy) is 1. The average molecular weight is 238 g/mol. The summed E-state index contributed by atoms with van der Waals surface area (Å²) in [6, 6.07) is 14.5. The van der Waals surface area contributed by atoms with E-state index in [0.29, 0.717) is 11.4 Å². The Morgan fingerprint density at radius 2 is 1.83 bits per heavy atom. The number of hydrogen-bond donors (Lipinski definition) is 0. The van der Waals surface area contributed by atoms with Crippen LogP contribution in [0.5, 0.6) is 5.88 Å². The van der Waals surface area contributed by atoms with Gasteiger partial charge in [-0.15, -0.1) is 0 Å². The van der Waals surface area contributed by atoms with Gasteiger partial charge in [0.25, 0.3) is 0 Å². The number of esters is 1. The lowest BCUT2D eigenvalue weighted by atomic mass is 10.2. The number of nitrogens with zero attached hydrogens (tertiary/aromatic N) is 2. The van der Waals surface area contributed by atoms with E-state index >= 15 is 0 Å². The van der Waals surface area contributed by atoms with Gasteiger partial charge in [0.15, 0.2) is 0 Å². The van der Waals surface area contributed by atoms with Crippen molar-refractivity contribution < 1.29 is 9.53 Å². The molecule has 2 heterocycles. The summed E-state index contributed by atoms with van der Waals surface area (Å²) in [4.78, 5) is 16.0. The Morgan fingerprint density at radius 3 is 2.67 bits per heavy atom. The van der Waals surface area contributed by atoms with Crippen LogP contribution in [0.2, 0.25) is 0 Å². The van der Waals surface area contributed by atoms with Crippen molar-refractivity contribution in [3.63, 3.8) is 0 Å². The summed E-state index contributed by atoms with van der Waals surface area (Å²) < 4.78 is 7.08. The number of benzene rings is 1. The molecule has 3 rings (SSSR count). The van der Waals surface area contributed by atoms with Crippen LogP contribution in [-0.2, 0) is 0 Å². The molecule has 0 saturated carbocycles. The second kappa shape index (κ2) is 4.33. The first-order valence-electron chi connectivity index (χ1n) is 5.53. The Labute approximate surface area is 103 Å². The van der Waals surface area contributed by atoms with E-state index in [1.165, 1.54) is 0 Å². The molecule has 0 aliphatic rings. The summed E-state index contributed by atoms with van der Waals surface area (Å²) in [5, 5.41) is 0. The Balaban J connectivity index is 1.91. The molecular formula is C14H10N2O2. The summed E-state index contributed by atoms with van der Waals surface area (Å²) in [6.07, 6.45) is 3.46. The topological polar surface area (TPSA) is 43.6 Å². The van der Waals surface area contributed by atoms with Crippen LogP contribution in [0.4, 0.5) is 0 Å². The fourth-order valence-corrected chi connectivity index (χ4v) is 1.72. The van der Waals surface area contributed by atoms with Crippen LogP contribution in [0.3, 0.4) is 0 Å². The largest absolute Gasteiger partial charge is 0.401 e. The zero-order valence-corrected chi connectivity index (χ0v) is 9.48. The molecule has 88 valence electrons. The van der Waals surface area contributed by atoms with Crippen molar-refractivity contribution >= 4 is 11.5 Å². The Bertz CT molecular complexity index is 689. The number of carbonyl (C=O) groups excluding carboxylic acids is 1. The maximum Gasteiger partial charge on any atom is 0.344 e. The van der Waals surface area contributed by atoms with Crippen LogP contribution < -0.4 is 4.74 Å². The van der Waals surface area contributed by atoms with E-state index in [4.69, 9.17) is 4.74 Å². The van der Waals surface area contributed by atoms with E-state index in [0.717, 1.165) is 5.52 Å². The monoisotopic (exact) mass is 238 g/mol. The summed E-state index contributed by atoms with van der Waals surface area (Å²) in [7, 11) is 0. The number of carbonyl (C=O) groups is 1. The molecule has 0 aliphatic carbocycles. The molecule has 2 aromatic heterocycles. The highest BCUT2D eigenvalue weighted by atomic mass is 16.5. The minimum Gasteiger partial charge on any atom is -0.401 e. The van der Waals surface area contributed by atoms with Gasteiger partial charge in [0, 0.05) is 6.20 Å². The molecule has 1 aromatic carbocycles. The van der Waals surface area contributed by atoms with Crippen LogP contribution in [0.1, 0.15) is 10.4 Å². The molecule has 0 bridgehead atoms. The minimum atomic E-state index is -0.403. The van der Waals surface area contributed by atoms with Gasteiger partial charge < -0.3 is 9.14 Å². The van der Waals surface area contributed by atoms with E-state index in [-0.39, 0.29) is 0 Å². The molecule has 4 heteroatoms. The molecule has 3 aromatic rings. The van der Waals surface area contributed by atoms with Crippen LogP contribution in [0, 0.1) is 0 Å². The average Bonchev–Trinajstić information content (AvgIpc) is 2.83. The van der Waals surface area contributed by atoms with Gasteiger partial charge >= 0.3 is 5.97 Å². The SMILES string of the molecule is O=C(Oc1ncn2ccccc12)c1ccccc1. The highest BCUT2D eigenvalue weighted by Crippen LogP contribution is 2.18. The second-order valence-corrected chi connectivity index (χ2v) is 3.80. The predicted molar refractivity (Wildman–Crippen MR) is 66.6 cm³/mol. The first-order valence-corrected chi connectivity index (χ1v) is 5.53. The van der Waals surface area contributed by atoms with Crippen LogP contribution in [-0.4, -0.2) is 15.4 Å². The molecule has 0 saturated heterocycles. The maximum absolute atomic E-state index is 11.9. The molecule has 0 unspecified atom stereocenters. The van der Waals surface area contributed by atoms with E-state index in [2.05, 4.69) is 4.98 Å². The molecule has 0 N–H and O–H groups in total. The molecular weight excluding hydrogens is 228 g/mol. The van der Waals surface area contributed by atoms with Gasteiger partial charge in [-0.1, -0.05) is 24.3 Å². The second-order valence-electron chi connectivity index (χ2n) is 3.80. The van der Waals surface area contributed by atoms with Crippen molar-refractivity contribution in [3.8, 4) is 5.88 Å². The summed E-state index contributed by atoms with van der Waals surface area (Å²) in [6.45, 7) is 0. The number of fused-ring (bicyclic) bond motifs is 1. The highest BCUT2D eigenvalue weighted by molar-refractivity contribution is 5.91. The molecule has 0 radical (unpaired) electrons. The molecule has 0 fully saturated rings. The molecule has 0 amide bonds.